The molecular formula is C13H24N4. The topological polar surface area (TPSA) is 47.1 Å². The monoisotopic (exact) mass is 236 g/mol. The molecule has 0 bridgehead atoms. The van der Waals surface area contributed by atoms with Crippen LogP contribution in [-0.4, -0.2) is 34.3 Å². The van der Waals surface area contributed by atoms with E-state index in [1.54, 1.807) is 0 Å². The highest BCUT2D eigenvalue weighted by atomic mass is 15.3. The number of rotatable bonds is 3. The second-order valence-electron chi connectivity index (χ2n) is 5.26. The largest absolute Gasteiger partial charge is 0.330 e. The van der Waals surface area contributed by atoms with Crippen LogP contribution in [0.25, 0.3) is 0 Å². The third kappa shape index (κ3) is 2.69. The highest BCUT2D eigenvalue weighted by Crippen LogP contribution is 2.27. The Bertz CT molecular complexity index is 371. The maximum absolute atomic E-state index is 5.80. The van der Waals surface area contributed by atoms with Crippen LogP contribution < -0.4 is 5.73 Å². The molecule has 1 saturated heterocycles. The van der Waals surface area contributed by atoms with Crippen molar-refractivity contribution in [1.29, 1.82) is 0 Å². The van der Waals surface area contributed by atoms with E-state index in [0.29, 0.717) is 12.0 Å². The van der Waals surface area contributed by atoms with Crippen molar-refractivity contribution >= 4 is 0 Å². The van der Waals surface area contributed by atoms with Gasteiger partial charge in [0.15, 0.2) is 0 Å². The van der Waals surface area contributed by atoms with Crippen LogP contribution in [0.5, 0.6) is 0 Å². The quantitative estimate of drug-likeness (QED) is 0.864. The van der Waals surface area contributed by atoms with E-state index in [2.05, 4.69) is 30.0 Å². The van der Waals surface area contributed by atoms with Gasteiger partial charge in [-0.3, -0.25) is 9.58 Å². The normalized spacial score (nSPS) is 23.9. The summed E-state index contributed by atoms with van der Waals surface area (Å²) in [5.41, 5.74) is 8.30. The van der Waals surface area contributed by atoms with Gasteiger partial charge in [0.2, 0.25) is 0 Å². The van der Waals surface area contributed by atoms with Gasteiger partial charge in [0, 0.05) is 31.4 Å². The van der Waals surface area contributed by atoms with E-state index in [-0.39, 0.29) is 0 Å². The molecule has 4 nitrogen and oxygen atoms in total. The van der Waals surface area contributed by atoms with E-state index in [1.807, 2.05) is 11.7 Å². The van der Waals surface area contributed by atoms with E-state index in [1.165, 1.54) is 24.9 Å². The lowest BCUT2D eigenvalue weighted by Crippen LogP contribution is -2.39. The smallest absolute Gasteiger partial charge is 0.0641 e. The van der Waals surface area contributed by atoms with Crippen molar-refractivity contribution in [2.24, 2.45) is 18.7 Å². The van der Waals surface area contributed by atoms with Crippen molar-refractivity contribution in [2.75, 3.05) is 19.6 Å². The van der Waals surface area contributed by atoms with Crippen LogP contribution in [0.15, 0.2) is 6.20 Å². The zero-order chi connectivity index (χ0) is 12.4. The number of nitrogens with zero attached hydrogens (tertiary/aromatic N) is 3. The van der Waals surface area contributed by atoms with E-state index in [0.717, 1.165) is 18.8 Å². The van der Waals surface area contributed by atoms with Crippen molar-refractivity contribution in [2.45, 2.75) is 32.7 Å². The molecule has 0 radical (unpaired) electrons. The second-order valence-corrected chi connectivity index (χ2v) is 5.26. The van der Waals surface area contributed by atoms with Gasteiger partial charge in [0.25, 0.3) is 0 Å². The average molecular weight is 236 g/mol. The summed E-state index contributed by atoms with van der Waals surface area (Å²) in [6.45, 7) is 7.51. The minimum absolute atomic E-state index is 0.457. The number of hydrogen-bond acceptors (Lipinski definition) is 3. The van der Waals surface area contributed by atoms with Crippen molar-refractivity contribution in [3.8, 4) is 0 Å². The van der Waals surface area contributed by atoms with Gasteiger partial charge in [-0.15, -0.1) is 0 Å². The molecule has 17 heavy (non-hydrogen) atoms. The van der Waals surface area contributed by atoms with Crippen molar-refractivity contribution < 1.29 is 0 Å². The first-order chi connectivity index (χ1) is 8.11. The first-order valence-corrected chi connectivity index (χ1v) is 6.56. The molecule has 0 saturated carbocycles. The van der Waals surface area contributed by atoms with Crippen LogP contribution in [-0.2, 0) is 7.05 Å². The standard InChI is InChI=1S/C13H24N4/c1-10-13(9-16(3)15-10)11(2)17-6-4-5-12(7-14)8-17/h9,11-12H,4-8,14H2,1-3H3. The molecule has 2 N–H and O–H groups in total. The zero-order valence-electron chi connectivity index (χ0n) is 11.2. The summed E-state index contributed by atoms with van der Waals surface area (Å²) in [7, 11) is 1.99. The molecule has 1 aliphatic rings. The van der Waals surface area contributed by atoms with Gasteiger partial charge in [0.05, 0.1) is 5.69 Å². The Morgan fingerprint density at radius 2 is 2.35 bits per heavy atom. The van der Waals surface area contributed by atoms with E-state index >= 15 is 0 Å². The summed E-state index contributed by atoms with van der Waals surface area (Å²) in [5.74, 6) is 0.670. The minimum atomic E-state index is 0.457. The Morgan fingerprint density at radius 3 is 2.94 bits per heavy atom. The number of aryl methyl sites for hydroxylation is 2. The first kappa shape index (κ1) is 12.6. The summed E-state index contributed by atoms with van der Waals surface area (Å²) in [6.07, 6.45) is 4.70. The average Bonchev–Trinajstić information content (AvgIpc) is 2.67. The van der Waals surface area contributed by atoms with Crippen LogP contribution >= 0.6 is 0 Å². The first-order valence-electron chi connectivity index (χ1n) is 6.56. The molecule has 1 fully saturated rings. The molecule has 0 spiro atoms. The van der Waals surface area contributed by atoms with Gasteiger partial charge in [-0.2, -0.15) is 5.10 Å². The molecule has 2 rings (SSSR count). The van der Waals surface area contributed by atoms with Crippen molar-refractivity contribution in [1.82, 2.24) is 14.7 Å². The molecule has 0 amide bonds. The Kier molecular flexibility index (Phi) is 3.84. The van der Waals surface area contributed by atoms with Crippen LogP contribution in [0.4, 0.5) is 0 Å². The Hall–Kier alpha value is -0.870. The number of likely N-dealkylation sites (tertiary alicyclic amines) is 1. The molecule has 0 aromatic carbocycles. The van der Waals surface area contributed by atoms with E-state index in [9.17, 15) is 0 Å². The van der Waals surface area contributed by atoms with E-state index in [4.69, 9.17) is 5.73 Å². The van der Waals surface area contributed by atoms with Crippen molar-refractivity contribution in [3.05, 3.63) is 17.5 Å². The van der Waals surface area contributed by atoms with Gasteiger partial charge in [-0.1, -0.05) is 0 Å². The molecule has 1 aliphatic heterocycles. The van der Waals surface area contributed by atoms with Crippen molar-refractivity contribution in [3.63, 3.8) is 0 Å². The summed E-state index contributed by atoms with van der Waals surface area (Å²) >= 11 is 0. The fraction of sp³-hybridized carbons (Fsp3) is 0.769. The summed E-state index contributed by atoms with van der Waals surface area (Å²) in [5, 5.41) is 4.43. The van der Waals surface area contributed by atoms with Gasteiger partial charge in [0.1, 0.15) is 0 Å². The third-order valence-electron chi connectivity index (χ3n) is 3.93. The molecule has 1 aromatic rings. The summed E-state index contributed by atoms with van der Waals surface area (Å²) in [6, 6.07) is 0.457. The Morgan fingerprint density at radius 1 is 1.59 bits per heavy atom. The predicted molar refractivity (Wildman–Crippen MR) is 69.7 cm³/mol. The highest BCUT2D eigenvalue weighted by molar-refractivity contribution is 5.19. The molecule has 1 aromatic heterocycles. The van der Waals surface area contributed by atoms with E-state index < -0.39 is 0 Å². The van der Waals surface area contributed by atoms with Gasteiger partial charge in [-0.05, 0) is 45.7 Å². The Balaban J connectivity index is 2.08. The maximum Gasteiger partial charge on any atom is 0.0641 e. The second kappa shape index (κ2) is 5.19. The fourth-order valence-corrected chi connectivity index (χ4v) is 2.87. The number of piperidine rings is 1. The SMILES string of the molecule is Cc1nn(C)cc1C(C)N1CCCC(CN)C1. The number of aromatic nitrogens is 2. The lowest BCUT2D eigenvalue weighted by Gasteiger charge is -2.36. The summed E-state index contributed by atoms with van der Waals surface area (Å²) in [4.78, 5) is 2.55. The van der Waals surface area contributed by atoms with Gasteiger partial charge < -0.3 is 5.73 Å². The molecular weight excluding hydrogens is 212 g/mol. The zero-order valence-corrected chi connectivity index (χ0v) is 11.2. The van der Waals surface area contributed by atoms with Crippen LogP contribution in [0.1, 0.15) is 37.1 Å². The van der Waals surface area contributed by atoms with Crippen LogP contribution in [0.2, 0.25) is 0 Å². The van der Waals surface area contributed by atoms with Crippen LogP contribution in [0.3, 0.4) is 0 Å². The highest BCUT2D eigenvalue weighted by Gasteiger charge is 2.25. The molecule has 2 unspecified atom stereocenters. The van der Waals surface area contributed by atoms with Crippen LogP contribution in [0, 0.1) is 12.8 Å². The number of nitrogens with two attached hydrogens (primary N) is 1. The lowest BCUT2D eigenvalue weighted by molar-refractivity contribution is 0.134. The molecule has 2 atom stereocenters. The lowest BCUT2D eigenvalue weighted by atomic mass is 9.95. The minimum Gasteiger partial charge on any atom is -0.330 e. The predicted octanol–water partition coefficient (Wildman–Crippen LogP) is 1.46. The van der Waals surface area contributed by atoms with Gasteiger partial charge >= 0.3 is 0 Å². The van der Waals surface area contributed by atoms with Gasteiger partial charge in [-0.25, -0.2) is 0 Å². The molecule has 0 aliphatic carbocycles. The maximum atomic E-state index is 5.80. The molecule has 96 valence electrons. The summed E-state index contributed by atoms with van der Waals surface area (Å²) < 4.78 is 1.91. The third-order valence-corrected chi connectivity index (χ3v) is 3.93. The Labute approximate surface area is 104 Å². The molecule has 4 heteroatoms. The fourth-order valence-electron chi connectivity index (χ4n) is 2.87. The number of hydrogen-bond donors (Lipinski definition) is 1. The molecule has 2 heterocycles.